The maximum atomic E-state index is 13.9. The molecule has 0 amide bonds. The number of thioether (sulfide) groups is 1. The second-order valence-electron chi connectivity index (χ2n) is 22.1. The Hall–Kier alpha value is -3.27. The molecule has 11 heteroatoms. The quantitative estimate of drug-likeness (QED) is 0.0354. The van der Waals surface area contributed by atoms with Crippen molar-refractivity contribution < 1.29 is 32.6 Å². The summed E-state index contributed by atoms with van der Waals surface area (Å²) in [5.74, 6) is -0.436. The second kappa shape index (κ2) is 22.4. The van der Waals surface area contributed by atoms with Crippen molar-refractivity contribution in [3.63, 3.8) is 0 Å². The fourth-order valence-electron chi connectivity index (χ4n) is 8.45. The van der Waals surface area contributed by atoms with Crippen LogP contribution >= 0.6 is 11.8 Å². The van der Waals surface area contributed by atoms with Gasteiger partial charge in [0.2, 0.25) is 0 Å². The molecule has 66 heavy (non-hydrogen) atoms. The van der Waals surface area contributed by atoms with Crippen LogP contribution in [0.15, 0.2) is 126 Å². The maximum absolute atomic E-state index is 13.9. The molecule has 5 atom stereocenters. The predicted molar refractivity (Wildman–Crippen MR) is 284 cm³/mol. The van der Waals surface area contributed by atoms with Gasteiger partial charge in [-0.15, -0.1) is 11.8 Å². The van der Waals surface area contributed by atoms with E-state index in [-0.39, 0.29) is 45.7 Å². The Labute approximate surface area is 406 Å². The Morgan fingerprint density at radius 2 is 1.36 bits per heavy atom. The first-order chi connectivity index (χ1) is 30.9. The molecular weight excluding hydrogens is 889 g/mol. The van der Waals surface area contributed by atoms with E-state index in [0.29, 0.717) is 37.2 Å². The molecule has 1 fully saturated rings. The smallest absolute Gasteiger partial charge is 0.338 e. The van der Waals surface area contributed by atoms with E-state index < -0.39 is 30.5 Å². The van der Waals surface area contributed by atoms with E-state index in [2.05, 4.69) is 178 Å². The van der Waals surface area contributed by atoms with Crippen LogP contribution in [0, 0.1) is 0 Å². The molecule has 4 aromatic rings. The summed E-state index contributed by atoms with van der Waals surface area (Å²) < 4.78 is 40.3. The van der Waals surface area contributed by atoms with Crippen LogP contribution in [0.5, 0.6) is 5.75 Å². The number of carbonyl (C=O) groups excluding carboxylic acids is 1. The summed E-state index contributed by atoms with van der Waals surface area (Å²) in [6.07, 6.45) is 5.42. The standard InChI is InChI=1S/C55H80O7SSi3/c1-41(61-66(54(5,6)7,44-29-21-17-22-30-44)45-31-23-18-24-32-45)26-25-33-49(62-65(14,15)53(2,3)4)51-48(59-55(8,9)60-51)36-37-50(63-43-27-19-16-20-28-43)47-40-42(57-10)34-35-46(47)52(56)58-38-39-64(11,12)13/h16-25,27-35,40-41,48-51H,26,36-39H2,1-15H3/b33-25-/t41?,48-,49?,50?,51-/m0/s1. The Balaban J connectivity index is 1.48. The van der Waals surface area contributed by atoms with Crippen LogP contribution in [-0.4, -0.2) is 74.6 Å². The molecule has 0 spiro atoms. The molecule has 0 bridgehead atoms. The van der Waals surface area contributed by atoms with Crippen LogP contribution in [0.3, 0.4) is 0 Å². The molecule has 0 N–H and O–H groups in total. The van der Waals surface area contributed by atoms with Crippen molar-refractivity contribution in [1.29, 1.82) is 0 Å². The molecule has 0 aromatic heterocycles. The molecule has 0 radical (unpaired) electrons. The minimum atomic E-state index is -2.76. The van der Waals surface area contributed by atoms with Gasteiger partial charge in [0, 0.05) is 24.3 Å². The third-order valence-electron chi connectivity index (χ3n) is 13.0. The zero-order valence-electron chi connectivity index (χ0n) is 42.7. The van der Waals surface area contributed by atoms with Gasteiger partial charge in [0.1, 0.15) is 11.9 Å². The molecule has 7 nitrogen and oxygen atoms in total. The van der Waals surface area contributed by atoms with Gasteiger partial charge in [0.05, 0.1) is 31.5 Å². The van der Waals surface area contributed by atoms with Gasteiger partial charge in [0.15, 0.2) is 14.1 Å². The molecule has 5 rings (SSSR count). The van der Waals surface area contributed by atoms with Gasteiger partial charge >= 0.3 is 5.97 Å². The number of benzene rings is 4. The lowest BCUT2D eigenvalue weighted by Gasteiger charge is -2.44. The van der Waals surface area contributed by atoms with Crippen molar-refractivity contribution in [3.05, 3.63) is 132 Å². The van der Waals surface area contributed by atoms with Gasteiger partial charge in [-0.25, -0.2) is 4.79 Å². The summed E-state index contributed by atoms with van der Waals surface area (Å²) in [5, 5.41) is 2.25. The van der Waals surface area contributed by atoms with E-state index in [1.807, 2.05) is 38.1 Å². The van der Waals surface area contributed by atoms with Crippen molar-refractivity contribution >= 4 is 52.8 Å². The van der Waals surface area contributed by atoms with Gasteiger partial charge in [-0.3, -0.25) is 0 Å². The molecule has 1 heterocycles. The number of esters is 1. The Kier molecular flexibility index (Phi) is 18.3. The number of hydrogen-bond donors (Lipinski definition) is 0. The van der Waals surface area contributed by atoms with Crippen LogP contribution in [0.1, 0.15) is 103 Å². The lowest BCUT2D eigenvalue weighted by Crippen LogP contribution is -2.67. The summed E-state index contributed by atoms with van der Waals surface area (Å²) in [4.78, 5) is 15.0. The van der Waals surface area contributed by atoms with Crippen LogP contribution in [0.25, 0.3) is 0 Å². The van der Waals surface area contributed by atoms with Gasteiger partial charge < -0.3 is 27.8 Å². The van der Waals surface area contributed by atoms with Gasteiger partial charge in [-0.2, -0.15) is 0 Å². The Bertz CT molecular complexity index is 2120. The molecule has 4 aromatic carbocycles. The van der Waals surface area contributed by atoms with Crippen LogP contribution in [0.4, 0.5) is 0 Å². The first-order valence-electron chi connectivity index (χ1n) is 23.9. The molecule has 1 saturated heterocycles. The van der Waals surface area contributed by atoms with Crippen LogP contribution in [0.2, 0.25) is 48.9 Å². The van der Waals surface area contributed by atoms with Gasteiger partial charge in [-0.05, 0) is 116 Å². The molecule has 0 saturated carbocycles. The highest BCUT2D eigenvalue weighted by Crippen LogP contribution is 2.45. The van der Waals surface area contributed by atoms with E-state index in [9.17, 15) is 4.79 Å². The highest BCUT2D eigenvalue weighted by atomic mass is 32.2. The molecule has 1 aliphatic heterocycles. The van der Waals surface area contributed by atoms with Crippen molar-refractivity contribution in [2.24, 2.45) is 0 Å². The molecular formula is C55H80O7SSi3. The van der Waals surface area contributed by atoms with E-state index in [1.54, 1.807) is 18.9 Å². The molecule has 0 aliphatic carbocycles. The summed E-state index contributed by atoms with van der Waals surface area (Å²) in [7, 11) is -4.82. The predicted octanol–water partition coefficient (Wildman–Crippen LogP) is 13.6. The molecule has 1 aliphatic rings. The van der Waals surface area contributed by atoms with E-state index in [4.69, 9.17) is 27.8 Å². The average Bonchev–Trinajstić information content (AvgIpc) is 3.56. The van der Waals surface area contributed by atoms with E-state index >= 15 is 0 Å². The van der Waals surface area contributed by atoms with E-state index in [1.165, 1.54) is 10.4 Å². The zero-order valence-corrected chi connectivity index (χ0v) is 46.6. The lowest BCUT2D eigenvalue weighted by molar-refractivity contribution is -0.152. The van der Waals surface area contributed by atoms with Crippen LogP contribution in [-0.2, 0) is 23.1 Å². The minimum absolute atomic E-state index is 0.0346. The van der Waals surface area contributed by atoms with Gasteiger partial charge in [-0.1, -0.05) is 152 Å². The fourth-order valence-corrected chi connectivity index (χ4v) is 16.3. The largest absolute Gasteiger partial charge is 0.497 e. The normalized spacial score (nSPS) is 18.5. The zero-order chi connectivity index (χ0) is 48.6. The topological polar surface area (TPSA) is 72.5 Å². The monoisotopic (exact) mass is 968 g/mol. The summed E-state index contributed by atoms with van der Waals surface area (Å²) in [6.45, 7) is 31.9. The highest BCUT2D eigenvalue weighted by Gasteiger charge is 2.51. The third-order valence-corrected chi connectivity index (χ3v) is 25.7. The second-order valence-corrected chi connectivity index (χ2v) is 38.0. The molecule has 360 valence electrons. The Morgan fingerprint density at radius 1 is 0.788 bits per heavy atom. The number of hydrogen-bond acceptors (Lipinski definition) is 8. The SMILES string of the molecule is COc1ccc(C(=O)OCC[Si](C)(C)C)c(C(CC[C@@H]2OC(C)(C)O[C@@H]2C(/C=C\CC(C)O[Si](c2ccccc2)(c2ccccc2)C(C)(C)C)O[Si](C)(C)C(C)(C)C)Sc2ccccc2)c1. The summed E-state index contributed by atoms with van der Waals surface area (Å²) in [5.41, 5.74) is 1.46. The maximum Gasteiger partial charge on any atom is 0.338 e. The number of methoxy groups -OCH3 is 1. The highest BCUT2D eigenvalue weighted by molar-refractivity contribution is 7.99. The third kappa shape index (κ3) is 14.2. The van der Waals surface area contributed by atoms with Crippen LogP contribution < -0.4 is 15.1 Å². The number of carbonyl (C=O) groups is 1. The first kappa shape index (κ1) is 53.7. The summed E-state index contributed by atoms with van der Waals surface area (Å²) in [6, 6.07) is 38.7. The van der Waals surface area contributed by atoms with Crippen molar-refractivity contribution in [3.8, 4) is 5.75 Å². The lowest BCUT2D eigenvalue weighted by atomic mass is 9.97. The first-order valence-corrected chi connectivity index (χ1v) is 33.3. The Morgan fingerprint density at radius 3 is 1.89 bits per heavy atom. The van der Waals surface area contributed by atoms with E-state index in [0.717, 1.165) is 16.5 Å². The fraction of sp³-hybridized carbons (Fsp3) is 0.509. The number of ether oxygens (including phenoxy) is 4. The van der Waals surface area contributed by atoms with Crippen molar-refractivity contribution in [2.75, 3.05) is 13.7 Å². The number of rotatable bonds is 21. The minimum Gasteiger partial charge on any atom is -0.497 e. The van der Waals surface area contributed by atoms with Gasteiger partial charge in [0.25, 0.3) is 8.32 Å². The van der Waals surface area contributed by atoms with Crippen molar-refractivity contribution in [1.82, 2.24) is 0 Å². The average molecular weight is 970 g/mol. The summed E-state index contributed by atoms with van der Waals surface area (Å²) >= 11 is 1.74. The van der Waals surface area contributed by atoms with Crippen molar-refractivity contribution in [2.45, 2.75) is 171 Å². The molecule has 3 unspecified atom stereocenters.